The van der Waals surface area contributed by atoms with Crippen LogP contribution in [0.15, 0.2) is 18.2 Å². The molecule has 1 heterocycles. The fourth-order valence-corrected chi connectivity index (χ4v) is 3.68. The second kappa shape index (κ2) is 9.24. The molecule has 1 aromatic rings. The first-order valence-corrected chi connectivity index (χ1v) is 9.29. The largest absolute Gasteiger partial charge is 0.493 e. The maximum absolute atomic E-state index is 13.0. The molecule has 6 heteroatoms. The quantitative estimate of drug-likeness (QED) is 0.743. The Labute approximate surface area is 157 Å². The normalized spacial score (nSPS) is 21.1. The molecule has 0 saturated carbocycles. The van der Waals surface area contributed by atoms with Crippen molar-refractivity contribution in [3.05, 3.63) is 23.8 Å². The smallest absolute Gasteiger partial charge is 0.254 e. The fourth-order valence-electron chi connectivity index (χ4n) is 3.68. The van der Waals surface area contributed by atoms with Crippen LogP contribution in [0.25, 0.3) is 0 Å². The number of benzene rings is 1. The third-order valence-electron chi connectivity index (χ3n) is 5.04. The van der Waals surface area contributed by atoms with Gasteiger partial charge >= 0.3 is 0 Å². The van der Waals surface area contributed by atoms with Crippen molar-refractivity contribution < 1.29 is 14.3 Å². The van der Waals surface area contributed by atoms with Crippen molar-refractivity contribution in [2.24, 2.45) is 0 Å². The molecule has 1 aromatic carbocycles. The minimum atomic E-state index is 0.0533. The highest BCUT2D eigenvalue weighted by Gasteiger charge is 2.32. The number of piperazine rings is 1. The number of methoxy groups -OCH3 is 2. The van der Waals surface area contributed by atoms with Crippen LogP contribution in [0.5, 0.6) is 11.5 Å². The molecule has 2 unspecified atom stereocenters. The third kappa shape index (κ3) is 4.89. The first-order chi connectivity index (χ1) is 12.4. The average Bonchev–Trinajstić information content (AvgIpc) is 2.62. The summed E-state index contributed by atoms with van der Waals surface area (Å²) in [6.07, 6.45) is 1.14. The molecule has 0 N–H and O–H groups in total. The number of carbonyl (C=O) groups excluding carboxylic acids is 1. The first-order valence-electron chi connectivity index (χ1n) is 9.29. The summed E-state index contributed by atoms with van der Waals surface area (Å²) in [6.45, 7) is 8.07. The highest BCUT2D eigenvalue weighted by molar-refractivity contribution is 5.95. The van der Waals surface area contributed by atoms with Crippen LogP contribution in [-0.4, -0.2) is 87.2 Å². The molecule has 6 nitrogen and oxygen atoms in total. The van der Waals surface area contributed by atoms with Gasteiger partial charge in [-0.15, -0.1) is 0 Å². The maximum Gasteiger partial charge on any atom is 0.254 e. The number of carbonyl (C=O) groups is 1. The zero-order chi connectivity index (χ0) is 19.3. The zero-order valence-corrected chi connectivity index (χ0v) is 17.0. The summed E-state index contributed by atoms with van der Waals surface area (Å²) in [4.78, 5) is 19.7. The topological polar surface area (TPSA) is 45.2 Å². The summed E-state index contributed by atoms with van der Waals surface area (Å²) in [7, 11) is 7.39. The van der Waals surface area contributed by atoms with Gasteiger partial charge < -0.3 is 19.3 Å². The first kappa shape index (κ1) is 20.5. The summed E-state index contributed by atoms with van der Waals surface area (Å²) in [5.41, 5.74) is 0.642. The van der Waals surface area contributed by atoms with Gasteiger partial charge in [-0.2, -0.15) is 0 Å². The molecule has 1 aliphatic rings. The Morgan fingerprint density at radius 3 is 2.27 bits per heavy atom. The molecule has 1 aliphatic heterocycles. The van der Waals surface area contributed by atoms with Crippen molar-refractivity contribution >= 4 is 5.91 Å². The van der Waals surface area contributed by atoms with E-state index in [1.54, 1.807) is 26.4 Å². The predicted molar refractivity (Wildman–Crippen MR) is 104 cm³/mol. The third-order valence-corrected chi connectivity index (χ3v) is 5.04. The number of nitrogens with zero attached hydrogens (tertiary/aromatic N) is 3. The second-order valence-corrected chi connectivity index (χ2v) is 7.37. The van der Waals surface area contributed by atoms with Gasteiger partial charge in [-0.05, 0) is 59.1 Å². The summed E-state index contributed by atoms with van der Waals surface area (Å²) < 4.78 is 10.6. The van der Waals surface area contributed by atoms with Gasteiger partial charge in [-0.25, -0.2) is 0 Å². The lowest BCUT2D eigenvalue weighted by atomic mass is 10.1. The zero-order valence-electron chi connectivity index (χ0n) is 17.0. The molecule has 0 bridgehead atoms. The lowest BCUT2D eigenvalue weighted by Gasteiger charge is -2.44. The fraction of sp³-hybridized carbons (Fsp3) is 0.650. The Bertz CT molecular complexity index is 594. The van der Waals surface area contributed by atoms with Gasteiger partial charge in [-0.1, -0.05) is 0 Å². The lowest BCUT2D eigenvalue weighted by molar-refractivity contribution is 0.0295. The molecule has 2 rings (SSSR count). The van der Waals surface area contributed by atoms with E-state index in [9.17, 15) is 4.79 Å². The van der Waals surface area contributed by atoms with Crippen molar-refractivity contribution in [2.45, 2.75) is 32.4 Å². The number of hydrogen-bond donors (Lipinski definition) is 0. The number of rotatable bonds is 7. The van der Waals surface area contributed by atoms with E-state index in [1.165, 1.54) is 0 Å². The van der Waals surface area contributed by atoms with Crippen LogP contribution in [-0.2, 0) is 0 Å². The van der Waals surface area contributed by atoms with Crippen LogP contribution >= 0.6 is 0 Å². The molecular formula is C20H33N3O3. The Balaban J connectivity index is 2.03. The van der Waals surface area contributed by atoms with Gasteiger partial charge in [0.05, 0.1) is 14.2 Å². The van der Waals surface area contributed by atoms with Crippen LogP contribution in [0.1, 0.15) is 30.6 Å². The van der Waals surface area contributed by atoms with Crippen LogP contribution < -0.4 is 9.47 Å². The highest BCUT2D eigenvalue weighted by atomic mass is 16.5. The van der Waals surface area contributed by atoms with Crippen LogP contribution in [0.2, 0.25) is 0 Å². The van der Waals surface area contributed by atoms with Crippen molar-refractivity contribution in [3.8, 4) is 11.5 Å². The molecule has 26 heavy (non-hydrogen) atoms. The van der Waals surface area contributed by atoms with Gasteiger partial charge in [0.2, 0.25) is 0 Å². The molecule has 0 radical (unpaired) electrons. The molecule has 1 amide bonds. The van der Waals surface area contributed by atoms with Crippen molar-refractivity contribution in [2.75, 3.05) is 54.5 Å². The van der Waals surface area contributed by atoms with Crippen molar-refractivity contribution in [1.82, 2.24) is 14.7 Å². The van der Waals surface area contributed by atoms with E-state index in [-0.39, 0.29) is 5.91 Å². The van der Waals surface area contributed by atoms with Gasteiger partial charge in [0.15, 0.2) is 11.5 Å². The van der Waals surface area contributed by atoms with Gasteiger partial charge in [0.25, 0.3) is 5.91 Å². The molecule has 0 aliphatic carbocycles. The molecule has 1 fully saturated rings. The summed E-state index contributed by atoms with van der Waals surface area (Å²) in [5, 5.41) is 0. The molecular weight excluding hydrogens is 330 g/mol. The van der Waals surface area contributed by atoms with E-state index in [0.717, 1.165) is 32.6 Å². The summed E-state index contributed by atoms with van der Waals surface area (Å²) in [5.74, 6) is 1.27. The van der Waals surface area contributed by atoms with E-state index in [2.05, 4.69) is 37.7 Å². The van der Waals surface area contributed by atoms with E-state index in [4.69, 9.17) is 9.47 Å². The Hall–Kier alpha value is -1.79. The molecule has 146 valence electrons. The molecule has 0 aromatic heterocycles. The SMILES string of the molecule is COc1ccc(C(=O)N2CC(C)N(CCCN(C)C)C(C)C2)cc1OC. The monoisotopic (exact) mass is 363 g/mol. The summed E-state index contributed by atoms with van der Waals surface area (Å²) in [6, 6.07) is 6.06. The van der Waals surface area contributed by atoms with Gasteiger partial charge in [0, 0.05) is 37.3 Å². The van der Waals surface area contributed by atoms with E-state index in [1.807, 2.05) is 11.0 Å². The predicted octanol–water partition coefficient (Wildman–Crippen LogP) is 2.19. The highest BCUT2D eigenvalue weighted by Crippen LogP contribution is 2.28. The molecule has 0 spiro atoms. The number of hydrogen-bond acceptors (Lipinski definition) is 5. The van der Waals surface area contributed by atoms with Crippen LogP contribution in [0, 0.1) is 0 Å². The Morgan fingerprint density at radius 1 is 1.12 bits per heavy atom. The average molecular weight is 364 g/mol. The lowest BCUT2D eigenvalue weighted by Crippen LogP contribution is -2.58. The van der Waals surface area contributed by atoms with Crippen molar-refractivity contribution in [1.29, 1.82) is 0 Å². The molecule has 1 saturated heterocycles. The van der Waals surface area contributed by atoms with E-state index < -0.39 is 0 Å². The Morgan fingerprint density at radius 2 is 1.73 bits per heavy atom. The standard InChI is InChI=1S/C20H33N3O3/c1-15-13-22(14-16(2)23(15)11-7-10-21(3)4)20(24)17-8-9-18(25-5)19(12-17)26-6/h8-9,12,15-16H,7,10-11,13-14H2,1-6H3. The minimum Gasteiger partial charge on any atom is -0.493 e. The number of ether oxygens (including phenoxy) is 2. The Kier molecular flexibility index (Phi) is 7.29. The van der Waals surface area contributed by atoms with Crippen LogP contribution in [0.4, 0.5) is 0 Å². The second-order valence-electron chi connectivity index (χ2n) is 7.37. The van der Waals surface area contributed by atoms with Crippen LogP contribution in [0.3, 0.4) is 0 Å². The maximum atomic E-state index is 13.0. The minimum absolute atomic E-state index is 0.0533. The number of amides is 1. The van der Waals surface area contributed by atoms with Gasteiger partial charge in [0.1, 0.15) is 0 Å². The summed E-state index contributed by atoms with van der Waals surface area (Å²) >= 11 is 0. The van der Waals surface area contributed by atoms with E-state index >= 15 is 0 Å². The molecule has 2 atom stereocenters. The van der Waals surface area contributed by atoms with Gasteiger partial charge in [-0.3, -0.25) is 9.69 Å². The van der Waals surface area contributed by atoms with E-state index in [0.29, 0.717) is 29.1 Å². The van der Waals surface area contributed by atoms with Crippen molar-refractivity contribution in [3.63, 3.8) is 0 Å².